The van der Waals surface area contributed by atoms with Crippen molar-refractivity contribution in [3.05, 3.63) is 65.3 Å². The van der Waals surface area contributed by atoms with E-state index in [4.69, 9.17) is 0 Å². The SMILES string of the molecule is Cc1ccc(NCc2csc(-c3ccccn3)n2)cc1. The van der Waals surface area contributed by atoms with Crippen molar-refractivity contribution in [2.24, 2.45) is 0 Å². The van der Waals surface area contributed by atoms with Crippen molar-refractivity contribution in [2.75, 3.05) is 5.32 Å². The Kier molecular flexibility index (Phi) is 3.74. The maximum atomic E-state index is 4.61. The standard InChI is InChI=1S/C16H15N3S/c1-12-5-7-13(8-6-12)18-10-14-11-20-16(19-14)15-4-2-3-9-17-15/h2-9,11,18H,10H2,1H3. The summed E-state index contributed by atoms with van der Waals surface area (Å²) in [6, 6.07) is 14.2. The predicted molar refractivity (Wildman–Crippen MR) is 83.9 cm³/mol. The summed E-state index contributed by atoms with van der Waals surface area (Å²) in [5, 5.41) is 6.42. The van der Waals surface area contributed by atoms with Gasteiger partial charge in [0.2, 0.25) is 0 Å². The lowest BCUT2D eigenvalue weighted by atomic mass is 10.2. The van der Waals surface area contributed by atoms with E-state index in [1.165, 1.54) is 5.56 Å². The Hall–Kier alpha value is -2.20. The van der Waals surface area contributed by atoms with E-state index < -0.39 is 0 Å². The third-order valence-corrected chi connectivity index (χ3v) is 3.87. The maximum absolute atomic E-state index is 4.61. The van der Waals surface area contributed by atoms with E-state index in [0.717, 1.165) is 28.6 Å². The highest BCUT2D eigenvalue weighted by molar-refractivity contribution is 7.13. The maximum Gasteiger partial charge on any atom is 0.142 e. The Balaban J connectivity index is 1.67. The summed E-state index contributed by atoms with van der Waals surface area (Å²) in [4.78, 5) is 8.92. The van der Waals surface area contributed by atoms with Gasteiger partial charge in [-0.25, -0.2) is 4.98 Å². The molecule has 1 N–H and O–H groups in total. The zero-order valence-electron chi connectivity index (χ0n) is 11.2. The number of aryl methyl sites for hydroxylation is 1. The van der Waals surface area contributed by atoms with Crippen LogP contribution in [0, 0.1) is 6.92 Å². The highest BCUT2D eigenvalue weighted by Gasteiger charge is 2.05. The highest BCUT2D eigenvalue weighted by Crippen LogP contribution is 2.21. The average Bonchev–Trinajstić information content (AvgIpc) is 2.97. The van der Waals surface area contributed by atoms with Crippen molar-refractivity contribution in [1.82, 2.24) is 9.97 Å². The number of hydrogen-bond acceptors (Lipinski definition) is 4. The highest BCUT2D eigenvalue weighted by atomic mass is 32.1. The summed E-state index contributed by atoms with van der Waals surface area (Å²) in [7, 11) is 0. The van der Waals surface area contributed by atoms with Crippen LogP contribution in [0.2, 0.25) is 0 Å². The molecule has 20 heavy (non-hydrogen) atoms. The topological polar surface area (TPSA) is 37.8 Å². The largest absolute Gasteiger partial charge is 0.379 e. The van der Waals surface area contributed by atoms with Crippen LogP contribution in [-0.2, 0) is 6.54 Å². The van der Waals surface area contributed by atoms with Gasteiger partial charge >= 0.3 is 0 Å². The Labute approximate surface area is 122 Å². The number of hydrogen-bond donors (Lipinski definition) is 1. The summed E-state index contributed by atoms with van der Waals surface area (Å²) >= 11 is 1.63. The van der Waals surface area contributed by atoms with Gasteiger partial charge in [0, 0.05) is 17.3 Å². The van der Waals surface area contributed by atoms with E-state index >= 15 is 0 Å². The van der Waals surface area contributed by atoms with Gasteiger partial charge < -0.3 is 5.32 Å². The lowest BCUT2D eigenvalue weighted by Gasteiger charge is -2.04. The first-order valence-electron chi connectivity index (χ1n) is 6.47. The molecule has 0 radical (unpaired) electrons. The molecule has 100 valence electrons. The Bertz CT molecular complexity index is 674. The number of rotatable bonds is 4. The van der Waals surface area contributed by atoms with Crippen molar-refractivity contribution in [1.29, 1.82) is 0 Å². The van der Waals surface area contributed by atoms with Crippen LogP contribution in [0.5, 0.6) is 0 Å². The van der Waals surface area contributed by atoms with Crippen LogP contribution < -0.4 is 5.32 Å². The van der Waals surface area contributed by atoms with E-state index in [-0.39, 0.29) is 0 Å². The Morgan fingerprint density at radius 3 is 2.70 bits per heavy atom. The monoisotopic (exact) mass is 281 g/mol. The fourth-order valence-corrected chi connectivity index (χ4v) is 2.65. The first-order chi connectivity index (χ1) is 9.81. The molecule has 0 fully saturated rings. The molecule has 1 aromatic carbocycles. The Morgan fingerprint density at radius 2 is 1.95 bits per heavy atom. The molecule has 0 spiro atoms. The third-order valence-electron chi connectivity index (χ3n) is 2.96. The molecule has 0 bridgehead atoms. The van der Waals surface area contributed by atoms with Crippen molar-refractivity contribution in [3.8, 4) is 10.7 Å². The number of anilines is 1. The van der Waals surface area contributed by atoms with Crippen LogP contribution in [0.3, 0.4) is 0 Å². The molecule has 0 amide bonds. The van der Waals surface area contributed by atoms with E-state index in [2.05, 4.69) is 51.9 Å². The number of pyridine rings is 1. The molecule has 4 heteroatoms. The number of nitrogens with zero attached hydrogens (tertiary/aromatic N) is 2. The second-order valence-corrected chi connectivity index (χ2v) is 5.44. The van der Waals surface area contributed by atoms with Crippen molar-refractivity contribution < 1.29 is 0 Å². The van der Waals surface area contributed by atoms with Crippen LogP contribution in [-0.4, -0.2) is 9.97 Å². The van der Waals surface area contributed by atoms with E-state index in [9.17, 15) is 0 Å². The van der Waals surface area contributed by atoms with Crippen LogP contribution >= 0.6 is 11.3 Å². The molecule has 0 unspecified atom stereocenters. The van der Waals surface area contributed by atoms with Gasteiger partial charge in [-0.2, -0.15) is 0 Å². The van der Waals surface area contributed by atoms with Crippen LogP contribution in [0.15, 0.2) is 54.0 Å². The lowest BCUT2D eigenvalue weighted by Crippen LogP contribution is -1.99. The van der Waals surface area contributed by atoms with Crippen molar-refractivity contribution in [3.63, 3.8) is 0 Å². The Morgan fingerprint density at radius 1 is 1.10 bits per heavy atom. The molecular formula is C16H15N3S. The molecule has 0 aliphatic carbocycles. The fraction of sp³-hybridized carbons (Fsp3) is 0.125. The summed E-state index contributed by atoms with van der Waals surface area (Å²) in [5.74, 6) is 0. The van der Waals surface area contributed by atoms with Crippen molar-refractivity contribution in [2.45, 2.75) is 13.5 Å². The summed E-state index contributed by atoms with van der Waals surface area (Å²) < 4.78 is 0. The number of nitrogens with one attached hydrogen (secondary N) is 1. The molecule has 3 nitrogen and oxygen atoms in total. The zero-order chi connectivity index (χ0) is 13.8. The van der Waals surface area contributed by atoms with Gasteiger partial charge in [0.05, 0.1) is 17.9 Å². The quantitative estimate of drug-likeness (QED) is 0.781. The van der Waals surface area contributed by atoms with Crippen LogP contribution in [0.25, 0.3) is 10.7 Å². The number of aromatic nitrogens is 2. The summed E-state index contributed by atoms with van der Waals surface area (Å²) in [5.41, 5.74) is 4.35. The molecule has 3 rings (SSSR count). The van der Waals surface area contributed by atoms with Gasteiger partial charge in [-0.15, -0.1) is 11.3 Å². The van der Waals surface area contributed by atoms with Gasteiger partial charge in [-0.3, -0.25) is 4.98 Å². The van der Waals surface area contributed by atoms with E-state index in [0.29, 0.717) is 0 Å². The van der Waals surface area contributed by atoms with Gasteiger partial charge in [-0.05, 0) is 31.2 Å². The minimum atomic E-state index is 0.729. The molecule has 0 saturated carbocycles. The lowest BCUT2D eigenvalue weighted by molar-refractivity contribution is 1.07. The fourth-order valence-electron chi connectivity index (χ4n) is 1.86. The van der Waals surface area contributed by atoms with Crippen LogP contribution in [0.4, 0.5) is 5.69 Å². The molecule has 2 aromatic heterocycles. The molecule has 3 aromatic rings. The first kappa shape index (κ1) is 12.8. The minimum absolute atomic E-state index is 0.729. The first-order valence-corrected chi connectivity index (χ1v) is 7.35. The average molecular weight is 281 g/mol. The van der Waals surface area contributed by atoms with Gasteiger partial charge in [-0.1, -0.05) is 23.8 Å². The second-order valence-electron chi connectivity index (χ2n) is 4.58. The summed E-state index contributed by atoms with van der Waals surface area (Å²) in [6.45, 7) is 2.82. The van der Waals surface area contributed by atoms with E-state index in [1.807, 2.05) is 18.2 Å². The predicted octanol–water partition coefficient (Wildman–Crippen LogP) is 4.13. The zero-order valence-corrected chi connectivity index (χ0v) is 12.0. The van der Waals surface area contributed by atoms with E-state index in [1.54, 1.807) is 17.5 Å². The smallest absolute Gasteiger partial charge is 0.142 e. The van der Waals surface area contributed by atoms with Gasteiger partial charge in [0.15, 0.2) is 0 Å². The van der Waals surface area contributed by atoms with Crippen LogP contribution in [0.1, 0.15) is 11.3 Å². The number of thiazole rings is 1. The molecule has 0 atom stereocenters. The second kappa shape index (κ2) is 5.84. The minimum Gasteiger partial charge on any atom is -0.379 e. The third kappa shape index (κ3) is 3.03. The number of benzene rings is 1. The van der Waals surface area contributed by atoms with Gasteiger partial charge in [0.1, 0.15) is 5.01 Å². The molecule has 2 heterocycles. The van der Waals surface area contributed by atoms with Gasteiger partial charge in [0.25, 0.3) is 0 Å². The van der Waals surface area contributed by atoms with Crippen molar-refractivity contribution >= 4 is 17.0 Å². The molecule has 0 aliphatic heterocycles. The molecular weight excluding hydrogens is 266 g/mol. The summed E-state index contributed by atoms with van der Waals surface area (Å²) in [6.07, 6.45) is 1.79. The molecule has 0 aliphatic rings. The molecule has 0 saturated heterocycles. The normalized spacial score (nSPS) is 10.4.